The van der Waals surface area contributed by atoms with Crippen LogP contribution in [0.25, 0.3) is 0 Å². The Labute approximate surface area is 193 Å². The summed E-state index contributed by atoms with van der Waals surface area (Å²) < 4.78 is 13.4. The van der Waals surface area contributed by atoms with E-state index in [9.17, 15) is 4.91 Å². The molecule has 0 aromatic heterocycles. The van der Waals surface area contributed by atoms with Gasteiger partial charge in [0.2, 0.25) is 0 Å². The minimum absolute atomic E-state index is 0.0467. The average molecular weight is 446 g/mol. The number of rotatable bonds is 2. The van der Waals surface area contributed by atoms with Gasteiger partial charge in [0.15, 0.2) is 11.1 Å². The van der Waals surface area contributed by atoms with Crippen molar-refractivity contribution in [2.45, 2.75) is 110 Å². The lowest BCUT2D eigenvalue weighted by molar-refractivity contribution is -0.273. The van der Waals surface area contributed by atoms with Gasteiger partial charge in [0.25, 0.3) is 0 Å². The molecule has 6 rings (SSSR count). The number of hydrogen-bond acceptors (Lipinski definition) is 5. The van der Waals surface area contributed by atoms with Gasteiger partial charge in [-0.25, -0.2) is 0 Å². The lowest BCUT2D eigenvalue weighted by Gasteiger charge is -2.61. The quantitative estimate of drug-likeness (QED) is 0.360. The molecular weight excluding hydrogens is 402 g/mol. The van der Waals surface area contributed by atoms with E-state index >= 15 is 0 Å². The number of nitrogens with zero attached hydrogens (tertiary/aromatic N) is 1. The highest BCUT2D eigenvalue weighted by Gasteiger charge is 2.69. The highest BCUT2D eigenvalue weighted by atomic mass is 16.7. The van der Waals surface area contributed by atoms with Crippen LogP contribution in [-0.2, 0) is 14.3 Å². The molecule has 2 heterocycles. The Hall–Kier alpha value is -0.680. The molecule has 5 heteroatoms. The first-order valence-corrected chi connectivity index (χ1v) is 13.6. The minimum atomic E-state index is -0.304. The third-order valence-electron chi connectivity index (χ3n) is 12.1. The van der Waals surface area contributed by atoms with E-state index in [-0.39, 0.29) is 11.9 Å². The molecule has 4 aliphatic carbocycles. The van der Waals surface area contributed by atoms with E-state index in [2.05, 4.69) is 33.0 Å². The third kappa shape index (κ3) is 2.88. The highest BCUT2D eigenvalue weighted by Crippen LogP contribution is 2.71. The third-order valence-corrected chi connectivity index (χ3v) is 12.1. The fraction of sp³-hybridized carbons (Fsp3) is 1.00. The van der Waals surface area contributed by atoms with Crippen molar-refractivity contribution in [3.05, 3.63) is 4.91 Å². The standard InChI is InChI=1S/C27H43NO4/c1-16-7-12-27(30-15-16)17(2)24-23(31-27)14-22-20-6-5-18-13-19(32-28-29)8-10-25(18,3)21(20)9-11-26(22,24)4/h16-24H,5-15H2,1-4H3/t16-,17-,18?,19-,20+,21-,22-,23?,24-,25-,26-,27+/m0/s1. The fourth-order valence-electron chi connectivity index (χ4n) is 10.4. The van der Waals surface area contributed by atoms with Crippen LogP contribution in [0.3, 0.4) is 0 Å². The summed E-state index contributed by atoms with van der Waals surface area (Å²) in [4.78, 5) is 15.8. The van der Waals surface area contributed by atoms with Crippen LogP contribution in [0.15, 0.2) is 5.34 Å². The molecule has 4 saturated carbocycles. The SMILES string of the molecule is C[C@H]1CC[C@@]2(OC1)OC1C[C@H]3[C@@H]4CCC5C[C@@H](ON=O)CC[C@]5(C)[C@H]4CC[C@]3(C)[C@H]1[C@@H]2C. The van der Waals surface area contributed by atoms with E-state index in [4.69, 9.17) is 14.3 Å². The second-order valence-corrected chi connectivity index (χ2v) is 13.3. The molecule has 5 nitrogen and oxygen atoms in total. The first kappa shape index (κ1) is 21.8. The summed E-state index contributed by atoms with van der Waals surface area (Å²) in [5.41, 5.74) is 0.799. The van der Waals surface area contributed by atoms with Crippen LogP contribution in [-0.4, -0.2) is 24.6 Å². The molecule has 0 radical (unpaired) electrons. The minimum Gasteiger partial charge on any atom is -0.361 e. The molecule has 0 aromatic rings. The van der Waals surface area contributed by atoms with E-state index in [1.54, 1.807) is 0 Å². The predicted octanol–water partition coefficient (Wildman–Crippen LogP) is 6.50. The zero-order chi connectivity index (χ0) is 22.3. The van der Waals surface area contributed by atoms with Crippen LogP contribution in [0.5, 0.6) is 0 Å². The molecule has 2 aliphatic heterocycles. The van der Waals surface area contributed by atoms with Crippen LogP contribution < -0.4 is 0 Å². The second kappa shape index (κ2) is 7.41. The monoisotopic (exact) mass is 445 g/mol. The molecule has 0 aromatic carbocycles. The van der Waals surface area contributed by atoms with Crippen molar-refractivity contribution in [2.24, 2.45) is 57.6 Å². The van der Waals surface area contributed by atoms with Crippen LogP contribution >= 0.6 is 0 Å². The van der Waals surface area contributed by atoms with Crippen molar-refractivity contribution in [2.75, 3.05) is 6.61 Å². The molecule has 0 amide bonds. The van der Waals surface area contributed by atoms with Gasteiger partial charge in [0.05, 0.1) is 12.7 Å². The lowest BCUT2D eigenvalue weighted by Crippen LogP contribution is -2.55. The first-order valence-electron chi connectivity index (χ1n) is 13.6. The van der Waals surface area contributed by atoms with Crippen LogP contribution in [0.1, 0.15) is 91.9 Å². The Balaban J connectivity index is 1.22. The Bertz CT molecular complexity index is 750. The Kier molecular flexibility index (Phi) is 5.05. The maximum absolute atomic E-state index is 10.7. The van der Waals surface area contributed by atoms with Gasteiger partial charge in [-0.1, -0.05) is 27.7 Å². The van der Waals surface area contributed by atoms with Gasteiger partial charge < -0.3 is 14.3 Å². The molecule has 32 heavy (non-hydrogen) atoms. The first-order chi connectivity index (χ1) is 15.3. The summed E-state index contributed by atoms with van der Waals surface area (Å²) >= 11 is 0. The Morgan fingerprint density at radius 2 is 1.72 bits per heavy atom. The average Bonchev–Trinajstić information content (AvgIpc) is 3.21. The van der Waals surface area contributed by atoms with Gasteiger partial charge in [0.1, 0.15) is 6.10 Å². The van der Waals surface area contributed by atoms with Gasteiger partial charge in [-0.15, -0.1) is 4.91 Å². The summed E-state index contributed by atoms with van der Waals surface area (Å²) in [7, 11) is 0. The zero-order valence-corrected chi connectivity index (χ0v) is 20.6. The molecular formula is C27H43NO4. The van der Waals surface area contributed by atoms with Crippen molar-refractivity contribution >= 4 is 0 Å². The summed E-state index contributed by atoms with van der Waals surface area (Å²) in [6, 6.07) is 0. The predicted molar refractivity (Wildman–Crippen MR) is 122 cm³/mol. The number of fused-ring (bicyclic) bond motifs is 7. The van der Waals surface area contributed by atoms with Crippen molar-refractivity contribution < 1.29 is 14.3 Å². The molecule has 1 spiro atoms. The van der Waals surface area contributed by atoms with Crippen LogP contribution in [0.2, 0.25) is 0 Å². The second-order valence-electron chi connectivity index (χ2n) is 13.3. The molecule has 0 N–H and O–H groups in total. The summed E-state index contributed by atoms with van der Waals surface area (Å²) in [5.74, 6) is 4.64. The lowest BCUT2D eigenvalue weighted by atomic mass is 9.44. The molecule has 6 aliphatic rings. The van der Waals surface area contributed by atoms with Gasteiger partial charge in [-0.3, -0.25) is 0 Å². The summed E-state index contributed by atoms with van der Waals surface area (Å²) in [5, 5.41) is 2.76. The smallest absolute Gasteiger partial charge is 0.171 e. The normalized spacial score (nSPS) is 59.1. The Morgan fingerprint density at radius 3 is 2.47 bits per heavy atom. The molecule has 6 fully saturated rings. The number of hydrogen-bond donors (Lipinski definition) is 0. The summed E-state index contributed by atoms with van der Waals surface area (Å²) in [6.07, 6.45) is 12.6. The van der Waals surface area contributed by atoms with Crippen molar-refractivity contribution in [1.82, 2.24) is 0 Å². The zero-order valence-electron chi connectivity index (χ0n) is 20.6. The molecule has 0 bridgehead atoms. The van der Waals surface area contributed by atoms with Crippen LogP contribution in [0, 0.1) is 57.2 Å². The van der Waals surface area contributed by atoms with Gasteiger partial charge in [-0.05, 0) is 104 Å². The molecule has 2 unspecified atom stereocenters. The van der Waals surface area contributed by atoms with E-state index in [1.165, 1.54) is 44.9 Å². The maximum atomic E-state index is 10.7. The number of ether oxygens (including phenoxy) is 2. The largest absolute Gasteiger partial charge is 0.361 e. The van der Waals surface area contributed by atoms with E-state index < -0.39 is 0 Å². The Morgan fingerprint density at radius 1 is 0.906 bits per heavy atom. The van der Waals surface area contributed by atoms with Crippen molar-refractivity contribution in [1.29, 1.82) is 0 Å². The van der Waals surface area contributed by atoms with Crippen molar-refractivity contribution in [3.8, 4) is 0 Å². The maximum Gasteiger partial charge on any atom is 0.171 e. The molecule has 12 atom stereocenters. The fourth-order valence-corrected chi connectivity index (χ4v) is 10.4. The van der Waals surface area contributed by atoms with Crippen LogP contribution in [0.4, 0.5) is 0 Å². The molecule has 180 valence electrons. The van der Waals surface area contributed by atoms with Crippen molar-refractivity contribution in [3.63, 3.8) is 0 Å². The van der Waals surface area contributed by atoms with E-state index in [0.717, 1.165) is 43.6 Å². The van der Waals surface area contributed by atoms with Gasteiger partial charge in [0, 0.05) is 12.3 Å². The molecule has 2 saturated heterocycles. The van der Waals surface area contributed by atoms with E-state index in [1.807, 2.05) is 0 Å². The summed E-state index contributed by atoms with van der Waals surface area (Å²) in [6.45, 7) is 10.8. The van der Waals surface area contributed by atoms with Gasteiger partial charge in [-0.2, -0.15) is 0 Å². The topological polar surface area (TPSA) is 57.1 Å². The van der Waals surface area contributed by atoms with E-state index in [0.29, 0.717) is 40.6 Å². The van der Waals surface area contributed by atoms with Gasteiger partial charge >= 0.3 is 0 Å². The highest BCUT2D eigenvalue weighted by molar-refractivity contribution is 5.15.